The second-order valence-electron chi connectivity index (χ2n) is 5.10. The molecule has 0 atom stereocenters. The van der Waals surface area contributed by atoms with E-state index in [1.165, 1.54) is 6.07 Å². The Hall–Kier alpha value is -2.74. The maximum absolute atomic E-state index is 11.1. The molecule has 0 aliphatic rings. The molecule has 0 aliphatic carbocycles. The van der Waals surface area contributed by atoms with E-state index in [9.17, 15) is 10.1 Å². The summed E-state index contributed by atoms with van der Waals surface area (Å²) in [6.45, 7) is 2.18. The summed E-state index contributed by atoms with van der Waals surface area (Å²) in [5, 5.41) is 18.0. The molecule has 0 aliphatic heterocycles. The van der Waals surface area contributed by atoms with Gasteiger partial charge in [0.2, 0.25) is 0 Å². The van der Waals surface area contributed by atoms with Crippen LogP contribution >= 0.6 is 15.9 Å². The molecule has 24 heavy (non-hydrogen) atoms. The van der Waals surface area contributed by atoms with Crippen LogP contribution in [-0.4, -0.2) is 15.1 Å². The zero-order valence-corrected chi connectivity index (χ0v) is 14.3. The normalized spacial score (nSPS) is 10.6. The molecule has 3 rings (SSSR count). The van der Waals surface area contributed by atoms with E-state index in [1.54, 1.807) is 12.1 Å². The van der Waals surface area contributed by atoms with Crippen LogP contribution in [0.1, 0.15) is 11.4 Å². The van der Waals surface area contributed by atoms with Gasteiger partial charge in [0.25, 0.3) is 11.6 Å². The van der Waals surface area contributed by atoms with Crippen molar-refractivity contribution in [3.8, 4) is 11.5 Å². The van der Waals surface area contributed by atoms with Gasteiger partial charge in [-0.2, -0.15) is 4.98 Å². The lowest BCUT2D eigenvalue weighted by Gasteiger charge is -2.04. The van der Waals surface area contributed by atoms with Gasteiger partial charge < -0.3 is 9.84 Å². The predicted octanol–water partition coefficient (Wildman–Crippen LogP) is 4.33. The molecule has 0 unspecified atom stereocenters. The highest BCUT2D eigenvalue weighted by Crippen LogP contribution is 2.28. The molecular weight excluding hydrogens is 376 g/mol. The Morgan fingerprint density at radius 2 is 2.08 bits per heavy atom. The summed E-state index contributed by atoms with van der Waals surface area (Å²) in [7, 11) is 0. The van der Waals surface area contributed by atoms with Crippen LogP contribution in [0.3, 0.4) is 0 Å². The number of benzene rings is 2. The van der Waals surface area contributed by atoms with Crippen molar-refractivity contribution in [3.63, 3.8) is 0 Å². The van der Waals surface area contributed by atoms with Crippen molar-refractivity contribution >= 4 is 27.3 Å². The van der Waals surface area contributed by atoms with Crippen LogP contribution in [0.15, 0.2) is 51.5 Å². The number of nitrogens with zero attached hydrogens (tertiary/aromatic N) is 3. The standard InChI is InChI=1S/C16H13BrN4O3/c1-10-4-2-3-5-12(10)16-19-15(20-24-16)9-18-13-7-6-11(17)8-14(13)21(22)23/h2-8,18H,9H2,1H3. The molecule has 0 radical (unpaired) electrons. The summed E-state index contributed by atoms with van der Waals surface area (Å²) in [4.78, 5) is 15.0. The fourth-order valence-corrected chi connectivity index (χ4v) is 2.58. The van der Waals surface area contributed by atoms with Gasteiger partial charge in [-0.1, -0.05) is 39.3 Å². The van der Waals surface area contributed by atoms with Crippen LogP contribution in [0.25, 0.3) is 11.5 Å². The van der Waals surface area contributed by atoms with Crippen molar-refractivity contribution in [1.29, 1.82) is 0 Å². The molecule has 0 bridgehead atoms. The van der Waals surface area contributed by atoms with Gasteiger partial charge >= 0.3 is 0 Å². The fraction of sp³-hybridized carbons (Fsp3) is 0.125. The lowest BCUT2D eigenvalue weighted by atomic mass is 10.1. The first kappa shape index (κ1) is 16.1. The highest BCUT2D eigenvalue weighted by atomic mass is 79.9. The van der Waals surface area contributed by atoms with E-state index in [2.05, 4.69) is 31.4 Å². The maximum atomic E-state index is 11.1. The van der Waals surface area contributed by atoms with Crippen molar-refractivity contribution in [2.24, 2.45) is 0 Å². The molecule has 7 nitrogen and oxygen atoms in total. The summed E-state index contributed by atoms with van der Waals surface area (Å²) >= 11 is 3.22. The van der Waals surface area contributed by atoms with Gasteiger partial charge in [0.15, 0.2) is 5.82 Å². The number of nitro groups is 1. The molecule has 8 heteroatoms. The molecule has 2 aromatic carbocycles. The van der Waals surface area contributed by atoms with Gasteiger partial charge in [-0.3, -0.25) is 10.1 Å². The van der Waals surface area contributed by atoms with Crippen LogP contribution in [-0.2, 0) is 6.54 Å². The van der Waals surface area contributed by atoms with E-state index in [0.717, 1.165) is 11.1 Å². The molecule has 0 saturated carbocycles. The topological polar surface area (TPSA) is 94.1 Å². The van der Waals surface area contributed by atoms with Crippen molar-refractivity contribution in [3.05, 3.63) is 68.4 Å². The van der Waals surface area contributed by atoms with Crippen LogP contribution in [0, 0.1) is 17.0 Å². The SMILES string of the molecule is Cc1ccccc1-c1nc(CNc2ccc(Br)cc2[N+](=O)[O-])no1. The highest BCUT2D eigenvalue weighted by Gasteiger charge is 2.15. The van der Waals surface area contributed by atoms with Gasteiger partial charge in [-0.15, -0.1) is 0 Å². The summed E-state index contributed by atoms with van der Waals surface area (Å²) in [5.74, 6) is 0.848. The third-order valence-electron chi connectivity index (χ3n) is 3.44. The lowest BCUT2D eigenvalue weighted by Crippen LogP contribution is -2.04. The Kier molecular flexibility index (Phi) is 4.57. The number of aryl methyl sites for hydroxylation is 1. The summed E-state index contributed by atoms with van der Waals surface area (Å²) < 4.78 is 5.91. The zero-order chi connectivity index (χ0) is 17.1. The zero-order valence-electron chi connectivity index (χ0n) is 12.7. The van der Waals surface area contributed by atoms with Crippen LogP contribution in [0.2, 0.25) is 0 Å². The van der Waals surface area contributed by atoms with Gasteiger partial charge in [0.1, 0.15) is 5.69 Å². The quantitative estimate of drug-likeness (QED) is 0.516. The molecule has 3 aromatic rings. The second kappa shape index (κ2) is 6.79. The first-order valence-corrected chi connectivity index (χ1v) is 7.90. The fourth-order valence-electron chi connectivity index (χ4n) is 2.23. The highest BCUT2D eigenvalue weighted by molar-refractivity contribution is 9.10. The van der Waals surface area contributed by atoms with E-state index in [0.29, 0.717) is 21.9 Å². The number of nitrogens with one attached hydrogen (secondary N) is 1. The van der Waals surface area contributed by atoms with Crippen molar-refractivity contribution < 1.29 is 9.45 Å². The first-order chi connectivity index (χ1) is 11.5. The molecule has 0 spiro atoms. The Bertz CT molecular complexity index is 895. The van der Waals surface area contributed by atoms with E-state index >= 15 is 0 Å². The van der Waals surface area contributed by atoms with Crippen LogP contribution in [0.5, 0.6) is 0 Å². The summed E-state index contributed by atoms with van der Waals surface area (Å²) in [5.41, 5.74) is 2.27. The van der Waals surface area contributed by atoms with Crippen molar-refractivity contribution in [2.75, 3.05) is 5.32 Å². The minimum Gasteiger partial charge on any atom is -0.372 e. The molecular formula is C16H13BrN4O3. The predicted molar refractivity (Wildman–Crippen MR) is 92.6 cm³/mol. The van der Waals surface area contributed by atoms with Gasteiger partial charge in [0, 0.05) is 16.1 Å². The van der Waals surface area contributed by atoms with Crippen LogP contribution in [0.4, 0.5) is 11.4 Å². The van der Waals surface area contributed by atoms with Gasteiger partial charge in [-0.05, 0) is 30.7 Å². The maximum Gasteiger partial charge on any atom is 0.293 e. The van der Waals surface area contributed by atoms with Gasteiger partial charge in [0.05, 0.1) is 11.5 Å². The number of hydrogen-bond acceptors (Lipinski definition) is 6. The molecule has 0 fully saturated rings. The van der Waals surface area contributed by atoms with Gasteiger partial charge in [-0.25, -0.2) is 0 Å². The van der Waals surface area contributed by atoms with E-state index in [4.69, 9.17) is 4.52 Å². The number of hydrogen-bond donors (Lipinski definition) is 1. The Morgan fingerprint density at radius 3 is 2.83 bits per heavy atom. The van der Waals surface area contributed by atoms with Crippen molar-refractivity contribution in [2.45, 2.75) is 13.5 Å². The molecule has 0 amide bonds. The number of halogens is 1. The monoisotopic (exact) mass is 388 g/mol. The van der Waals surface area contributed by atoms with E-state index < -0.39 is 4.92 Å². The number of anilines is 1. The molecule has 1 aromatic heterocycles. The largest absolute Gasteiger partial charge is 0.372 e. The Balaban J connectivity index is 1.77. The van der Waals surface area contributed by atoms with Crippen LogP contribution < -0.4 is 5.32 Å². The average Bonchev–Trinajstić information content (AvgIpc) is 3.02. The minimum absolute atomic E-state index is 0.0213. The van der Waals surface area contributed by atoms with E-state index in [-0.39, 0.29) is 12.2 Å². The molecule has 1 heterocycles. The molecule has 122 valence electrons. The van der Waals surface area contributed by atoms with E-state index in [1.807, 2.05) is 31.2 Å². The van der Waals surface area contributed by atoms with Crippen molar-refractivity contribution in [1.82, 2.24) is 10.1 Å². The first-order valence-electron chi connectivity index (χ1n) is 7.11. The third kappa shape index (κ3) is 3.43. The summed E-state index contributed by atoms with van der Waals surface area (Å²) in [6, 6.07) is 12.5. The Labute approximate surface area is 146 Å². The smallest absolute Gasteiger partial charge is 0.293 e. The molecule has 0 saturated heterocycles. The number of rotatable bonds is 5. The Morgan fingerprint density at radius 1 is 1.29 bits per heavy atom. The number of aromatic nitrogens is 2. The summed E-state index contributed by atoms with van der Waals surface area (Å²) in [6.07, 6.45) is 0. The minimum atomic E-state index is -0.442. The second-order valence-corrected chi connectivity index (χ2v) is 6.02. The average molecular weight is 389 g/mol. The lowest BCUT2D eigenvalue weighted by molar-refractivity contribution is -0.384. The third-order valence-corrected chi connectivity index (χ3v) is 3.93. The molecule has 1 N–H and O–H groups in total. The number of nitro benzene ring substituents is 1.